The molecule has 2 aromatic carbocycles. The van der Waals surface area contributed by atoms with E-state index in [1.165, 1.54) is 0 Å². The normalized spacial score (nSPS) is 13.7. The fourth-order valence-corrected chi connectivity index (χ4v) is 3.21. The number of amides is 1. The third kappa shape index (κ3) is 3.67. The molecule has 1 aliphatic rings. The minimum Gasteiger partial charge on any atom is -0.354 e. The van der Waals surface area contributed by atoms with Gasteiger partial charge in [0.15, 0.2) is 0 Å². The molecule has 0 unspecified atom stereocenters. The number of hydrogen-bond acceptors (Lipinski definition) is 3. The summed E-state index contributed by atoms with van der Waals surface area (Å²) in [7, 11) is 0. The van der Waals surface area contributed by atoms with Crippen LogP contribution in [0.3, 0.4) is 0 Å². The Morgan fingerprint density at radius 3 is 2.77 bits per heavy atom. The first kappa shape index (κ1) is 16.5. The largest absolute Gasteiger partial charge is 0.354 e. The van der Waals surface area contributed by atoms with Crippen LogP contribution in [0, 0.1) is 0 Å². The predicted molar refractivity (Wildman–Crippen MR) is 101 cm³/mol. The van der Waals surface area contributed by atoms with Crippen molar-refractivity contribution in [2.75, 3.05) is 6.54 Å². The van der Waals surface area contributed by atoms with Gasteiger partial charge in [-0.05, 0) is 29.2 Å². The molecule has 1 heterocycles. The molecule has 5 heteroatoms. The Kier molecular flexibility index (Phi) is 4.52. The minimum atomic E-state index is -0.0507. The van der Waals surface area contributed by atoms with Gasteiger partial charge in [-0.3, -0.25) is 14.2 Å². The van der Waals surface area contributed by atoms with Crippen molar-refractivity contribution >= 4 is 16.7 Å². The molecule has 0 bridgehead atoms. The third-order valence-electron chi connectivity index (χ3n) is 4.80. The minimum absolute atomic E-state index is 0.0445. The topological polar surface area (TPSA) is 64.0 Å². The van der Waals surface area contributed by atoms with Gasteiger partial charge in [-0.25, -0.2) is 4.98 Å². The van der Waals surface area contributed by atoms with Gasteiger partial charge in [0.1, 0.15) is 0 Å². The van der Waals surface area contributed by atoms with Crippen LogP contribution in [0.1, 0.15) is 30.0 Å². The summed E-state index contributed by atoms with van der Waals surface area (Å²) in [6.07, 6.45) is 4.17. The fraction of sp³-hybridized carbons (Fsp3) is 0.286. The molecule has 132 valence electrons. The molecule has 0 radical (unpaired) electrons. The molecule has 1 saturated carbocycles. The maximum Gasteiger partial charge on any atom is 0.253 e. The van der Waals surface area contributed by atoms with Crippen LogP contribution in [-0.2, 0) is 17.8 Å². The average Bonchev–Trinajstić information content (AvgIpc) is 3.48. The van der Waals surface area contributed by atoms with Gasteiger partial charge in [0.05, 0.1) is 18.4 Å². The van der Waals surface area contributed by atoms with Gasteiger partial charge in [-0.15, -0.1) is 0 Å². The number of rotatable bonds is 6. The molecule has 1 aromatic heterocycles. The highest BCUT2D eigenvalue weighted by molar-refractivity contribution is 5.90. The Bertz CT molecular complexity index is 1000. The van der Waals surface area contributed by atoms with Crippen molar-refractivity contribution in [2.24, 2.45) is 0 Å². The van der Waals surface area contributed by atoms with Gasteiger partial charge in [0.25, 0.3) is 5.56 Å². The predicted octanol–water partition coefficient (Wildman–Crippen LogP) is 2.63. The van der Waals surface area contributed by atoms with E-state index in [0.717, 1.165) is 34.9 Å². The third-order valence-corrected chi connectivity index (χ3v) is 4.80. The maximum atomic E-state index is 12.3. The molecule has 0 atom stereocenters. The zero-order chi connectivity index (χ0) is 17.9. The van der Waals surface area contributed by atoms with Crippen LogP contribution >= 0.6 is 0 Å². The number of nitrogens with zero attached hydrogens (tertiary/aromatic N) is 2. The lowest BCUT2D eigenvalue weighted by atomic mass is 10.0. The van der Waals surface area contributed by atoms with E-state index < -0.39 is 0 Å². The van der Waals surface area contributed by atoms with E-state index in [4.69, 9.17) is 0 Å². The van der Waals surface area contributed by atoms with Gasteiger partial charge in [-0.1, -0.05) is 42.5 Å². The Morgan fingerprint density at radius 1 is 1.15 bits per heavy atom. The van der Waals surface area contributed by atoms with Crippen LogP contribution in [-0.4, -0.2) is 22.0 Å². The number of aromatic nitrogens is 2. The molecule has 0 spiro atoms. The Balaban J connectivity index is 1.35. The van der Waals surface area contributed by atoms with Crippen LogP contribution < -0.4 is 10.9 Å². The first-order chi connectivity index (χ1) is 12.7. The van der Waals surface area contributed by atoms with Crippen molar-refractivity contribution < 1.29 is 4.79 Å². The summed E-state index contributed by atoms with van der Waals surface area (Å²) in [6.45, 7) is 0.839. The second kappa shape index (κ2) is 7.12. The average molecular weight is 347 g/mol. The summed E-state index contributed by atoms with van der Waals surface area (Å²) in [5.74, 6) is 0.426. The summed E-state index contributed by atoms with van der Waals surface area (Å²) in [5, 5.41) is 5.12. The lowest BCUT2D eigenvalue weighted by molar-refractivity contribution is -0.120. The smallest absolute Gasteiger partial charge is 0.253 e. The van der Waals surface area contributed by atoms with Crippen LogP contribution in [0.15, 0.2) is 59.7 Å². The first-order valence-corrected chi connectivity index (χ1v) is 9.00. The molecule has 1 N–H and O–H groups in total. The van der Waals surface area contributed by atoms with Crippen LogP contribution in [0.4, 0.5) is 0 Å². The van der Waals surface area contributed by atoms with E-state index in [9.17, 15) is 9.59 Å². The number of carbonyl (C=O) groups is 1. The highest BCUT2D eigenvalue weighted by Gasteiger charge is 2.25. The van der Waals surface area contributed by atoms with Gasteiger partial charge >= 0.3 is 0 Å². The Labute approximate surface area is 151 Å². The highest BCUT2D eigenvalue weighted by atomic mass is 16.1. The lowest BCUT2D eigenvalue weighted by Crippen LogP contribution is -2.31. The summed E-state index contributed by atoms with van der Waals surface area (Å²) in [5.41, 5.74) is 1.85. The van der Waals surface area contributed by atoms with Crippen molar-refractivity contribution in [2.45, 2.75) is 31.7 Å². The summed E-state index contributed by atoms with van der Waals surface area (Å²) in [4.78, 5) is 28.7. The number of nitrogens with one attached hydrogen (secondary N) is 1. The molecule has 5 nitrogen and oxygen atoms in total. The number of fused-ring (bicyclic) bond motifs is 1. The summed E-state index contributed by atoms with van der Waals surface area (Å²) in [6, 6.07) is 15.7. The van der Waals surface area contributed by atoms with Crippen molar-refractivity contribution in [3.63, 3.8) is 0 Å². The Morgan fingerprint density at radius 2 is 1.96 bits per heavy atom. The van der Waals surface area contributed by atoms with Crippen molar-refractivity contribution in [3.05, 3.63) is 76.5 Å². The highest BCUT2D eigenvalue weighted by Crippen LogP contribution is 2.38. The van der Waals surface area contributed by atoms with Gasteiger partial charge in [0, 0.05) is 25.1 Å². The molecule has 1 amide bonds. The molecule has 0 saturated heterocycles. The van der Waals surface area contributed by atoms with E-state index in [2.05, 4.69) is 10.3 Å². The maximum absolute atomic E-state index is 12.3. The van der Waals surface area contributed by atoms with E-state index in [1.807, 2.05) is 42.5 Å². The van der Waals surface area contributed by atoms with Gasteiger partial charge in [-0.2, -0.15) is 0 Å². The van der Waals surface area contributed by atoms with Crippen molar-refractivity contribution in [1.29, 1.82) is 0 Å². The summed E-state index contributed by atoms with van der Waals surface area (Å²) >= 11 is 0. The molecular formula is C21H21N3O2. The van der Waals surface area contributed by atoms with Gasteiger partial charge < -0.3 is 5.32 Å². The second-order valence-corrected chi connectivity index (χ2v) is 6.78. The molecule has 3 aromatic rings. The van der Waals surface area contributed by atoms with Gasteiger partial charge in [0.2, 0.25) is 5.91 Å². The quantitative estimate of drug-likeness (QED) is 0.745. The standard InChI is InChI=1S/C21H21N3O2/c25-20(12-17-6-3-5-15-4-1-2-7-18(15)17)22-10-11-24-14-23-19(13-21(24)26)16-8-9-16/h1-7,13-14,16H,8-12H2,(H,22,25). The molecule has 0 aliphatic heterocycles. The van der Waals surface area contributed by atoms with Crippen LogP contribution in [0.5, 0.6) is 0 Å². The zero-order valence-electron chi connectivity index (χ0n) is 14.5. The Hall–Kier alpha value is -2.95. The molecule has 26 heavy (non-hydrogen) atoms. The number of benzene rings is 2. The number of carbonyl (C=O) groups excluding carboxylic acids is 1. The molecule has 1 fully saturated rings. The van der Waals surface area contributed by atoms with Crippen molar-refractivity contribution in [3.8, 4) is 0 Å². The molecule has 4 rings (SSSR count). The summed E-state index contributed by atoms with van der Waals surface area (Å²) < 4.78 is 1.55. The first-order valence-electron chi connectivity index (χ1n) is 9.00. The van der Waals surface area contributed by atoms with E-state index in [-0.39, 0.29) is 11.5 Å². The SMILES string of the molecule is O=C(Cc1cccc2ccccc12)NCCn1cnc(C2CC2)cc1=O. The lowest BCUT2D eigenvalue weighted by Gasteiger charge is -2.09. The van der Waals surface area contributed by atoms with Crippen LogP contribution in [0.2, 0.25) is 0 Å². The fourth-order valence-electron chi connectivity index (χ4n) is 3.21. The van der Waals surface area contributed by atoms with Crippen molar-refractivity contribution in [1.82, 2.24) is 14.9 Å². The van der Waals surface area contributed by atoms with E-state index >= 15 is 0 Å². The van der Waals surface area contributed by atoms with E-state index in [1.54, 1.807) is 17.0 Å². The monoisotopic (exact) mass is 347 g/mol. The number of hydrogen-bond donors (Lipinski definition) is 1. The zero-order valence-corrected chi connectivity index (χ0v) is 14.5. The van der Waals surface area contributed by atoms with Crippen LogP contribution in [0.25, 0.3) is 10.8 Å². The molecule has 1 aliphatic carbocycles. The second-order valence-electron chi connectivity index (χ2n) is 6.78. The molecular weight excluding hydrogens is 326 g/mol. The van der Waals surface area contributed by atoms with E-state index in [0.29, 0.717) is 25.4 Å².